The molecule has 0 aliphatic carbocycles. The number of aromatic nitrogens is 2. The Morgan fingerprint density at radius 3 is 2.42 bits per heavy atom. The second-order valence-corrected chi connectivity index (χ2v) is 7.02. The first-order chi connectivity index (χ1) is 12.6. The average Bonchev–Trinajstić information content (AvgIpc) is 3.45. The normalized spacial score (nSPS) is 21.1. The Balaban J connectivity index is 1.82. The van der Waals surface area contributed by atoms with Crippen LogP contribution in [0.5, 0.6) is 0 Å². The van der Waals surface area contributed by atoms with E-state index in [1.165, 1.54) is 5.57 Å². The highest BCUT2D eigenvalue weighted by Gasteiger charge is 2.19. The highest BCUT2D eigenvalue weighted by Crippen LogP contribution is 2.28. The van der Waals surface area contributed by atoms with Crippen molar-refractivity contribution < 1.29 is 0 Å². The van der Waals surface area contributed by atoms with Gasteiger partial charge >= 0.3 is 0 Å². The Morgan fingerprint density at radius 1 is 0.769 bits per heavy atom. The number of nitrogens with one attached hydrogen (secondary N) is 2. The van der Waals surface area contributed by atoms with Gasteiger partial charge < -0.3 is 9.97 Å². The number of aliphatic imine (C=N–C) groups is 2. The quantitative estimate of drug-likeness (QED) is 0.741. The Morgan fingerprint density at radius 2 is 1.58 bits per heavy atom. The number of hydrogen-bond acceptors (Lipinski definition) is 2. The summed E-state index contributed by atoms with van der Waals surface area (Å²) in [6.45, 7) is 6.34. The van der Waals surface area contributed by atoms with Gasteiger partial charge in [0.25, 0.3) is 0 Å². The minimum atomic E-state index is 0.0357. The minimum Gasteiger partial charge on any atom is -0.357 e. The molecular weight excluding hydrogens is 320 g/mol. The summed E-state index contributed by atoms with van der Waals surface area (Å²) in [7, 11) is 0. The molecule has 3 aliphatic heterocycles. The number of H-pyrrole nitrogens is 2. The third-order valence-electron chi connectivity index (χ3n) is 5.43. The summed E-state index contributed by atoms with van der Waals surface area (Å²) in [4.78, 5) is 16.8. The van der Waals surface area contributed by atoms with Crippen LogP contribution in [0, 0.1) is 0 Å². The first-order valence-electron chi connectivity index (χ1n) is 8.91. The fraction of sp³-hybridized carbons (Fsp3) is 0.182. The molecule has 0 saturated heterocycles. The smallest absolute Gasteiger partial charge is 0.109 e. The highest BCUT2D eigenvalue weighted by molar-refractivity contribution is 6.26. The van der Waals surface area contributed by atoms with Crippen molar-refractivity contribution in [3.63, 3.8) is 0 Å². The molecule has 0 fully saturated rings. The van der Waals surface area contributed by atoms with Crippen LogP contribution in [0.3, 0.4) is 0 Å². The first kappa shape index (κ1) is 15.1. The topological polar surface area (TPSA) is 56.3 Å². The number of aromatic amines is 2. The van der Waals surface area contributed by atoms with E-state index in [2.05, 4.69) is 79.3 Å². The molecular formula is C22H20N4. The molecule has 0 amide bonds. The summed E-state index contributed by atoms with van der Waals surface area (Å²) in [6, 6.07) is 8.56. The maximum Gasteiger partial charge on any atom is 0.109 e. The van der Waals surface area contributed by atoms with E-state index in [0.29, 0.717) is 0 Å². The number of hydrogen-bond donors (Lipinski definition) is 2. The average molecular weight is 340 g/mol. The molecule has 26 heavy (non-hydrogen) atoms. The molecule has 2 N–H and O–H groups in total. The zero-order chi connectivity index (χ0) is 17.8. The number of fused-ring (bicyclic) bond motifs is 7. The summed E-state index contributed by atoms with van der Waals surface area (Å²) >= 11 is 0. The van der Waals surface area contributed by atoms with E-state index in [0.717, 1.165) is 50.4 Å². The van der Waals surface area contributed by atoms with Gasteiger partial charge in [0.2, 0.25) is 0 Å². The summed E-state index contributed by atoms with van der Waals surface area (Å²) in [5.41, 5.74) is 8.67. The fourth-order valence-corrected chi connectivity index (χ4v) is 3.64. The molecule has 2 aromatic rings. The van der Waals surface area contributed by atoms with Crippen molar-refractivity contribution in [2.45, 2.75) is 26.8 Å². The van der Waals surface area contributed by atoms with Crippen LogP contribution in [0.2, 0.25) is 0 Å². The minimum absolute atomic E-state index is 0.0357. The Labute approximate surface area is 151 Å². The zero-order valence-corrected chi connectivity index (χ0v) is 15.1. The molecule has 0 aromatic carbocycles. The molecule has 2 aromatic heterocycles. The molecule has 1 unspecified atom stereocenters. The summed E-state index contributed by atoms with van der Waals surface area (Å²) in [5.74, 6) is 0. The molecule has 5 heterocycles. The first-order valence-corrected chi connectivity index (χ1v) is 8.91. The van der Waals surface area contributed by atoms with Crippen molar-refractivity contribution >= 4 is 22.6 Å². The maximum absolute atomic E-state index is 4.89. The second kappa shape index (κ2) is 5.43. The van der Waals surface area contributed by atoms with Crippen LogP contribution in [0.25, 0.3) is 11.1 Å². The van der Waals surface area contributed by atoms with Gasteiger partial charge in [-0.3, -0.25) is 4.99 Å². The summed E-state index contributed by atoms with van der Waals surface area (Å²) < 4.78 is 0. The molecule has 8 bridgehead atoms. The molecule has 0 radical (unpaired) electrons. The van der Waals surface area contributed by atoms with Crippen LogP contribution in [0.4, 0.5) is 0 Å². The van der Waals surface area contributed by atoms with Gasteiger partial charge in [-0.05, 0) is 80.0 Å². The van der Waals surface area contributed by atoms with E-state index in [1.54, 1.807) is 0 Å². The molecule has 3 aliphatic rings. The van der Waals surface area contributed by atoms with Crippen LogP contribution in [-0.4, -0.2) is 21.4 Å². The van der Waals surface area contributed by atoms with Crippen molar-refractivity contribution in [3.05, 3.63) is 81.9 Å². The van der Waals surface area contributed by atoms with Gasteiger partial charge in [-0.15, -0.1) is 0 Å². The molecule has 4 nitrogen and oxygen atoms in total. The SMILES string of the molecule is CC1=C2C=CC(=N2)C(C)=c2ccc([nH]2)=C(C)c2ccc([nH]2)C2C=CC1=N2. The van der Waals surface area contributed by atoms with Gasteiger partial charge in [0.1, 0.15) is 6.04 Å². The lowest BCUT2D eigenvalue weighted by Gasteiger charge is -2.04. The third-order valence-corrected chi connectivity index (χ3v) is 5.43. The van der Waals surface area contributed by atoms with Crippen LogP contribution >= 0.6 is 0 Å². The fourth-order valence-electron chi connectivity index (χ4n) is 3.64. The number of nitrogens with zero attached hydrogens (tertiary/aromatic N) is 2. The van der Waals surface area contributed by atoms with E-state index in [4.69, 9.17) is 9.98 Å². The zero-order valence-electron chi connectivity index (χ0n) is 15.1. The van der Waals surface area contributed by atoms with Crippen LogP contribution in [0.1, 0.15) is 38.2 Å². The van der Waals surface area contributed by atoms with Crippen molar-refractivity contribution in [3.8, 4) is 0 Å². The highest BCUT2D eigenvalue weighted by atomic mass is 14.9. The predicted octanol–water partition coefficient (Wildman–Crippen LogP) is 3.08. The maximum atomic E-state index is 4.89. The Hall–Kier alpha value is -3.14. The van der Waals surface area contributed by atoms with Crippen molar-refractivity contribution in [2.75, 3.05) is 0 Å². The standard InChI is InChI=1S/C22H20N4/c1-12-15-4-6-17(23-15)13(2)19-8-10-21(25-19)22-11-9-20(26-22)14(3)18-7-5-16(12)24-18/h4-11,21,24,26H,1-3H3. The van der Waals surface area contributed by atoms with Crippen molar-refractivity contribution in [2.24, 2.45) is 9.98 Å². The Kier molecular flexibility index (Phi) is 3.16. The van der Waals surface area contributed by atoms with E-state index in [9.17, 15) is 0 Å². The predicted molar refractivity (Wildman–Crippen MR) is 107 cm³/mol. The second-order valence-electron chi connectivity index (χ2n) is 7.02. The van der Waals surface area contributed by atoms with E-state index < -0.39 is 0 Å². The van der Waals surface area contributed by atoms with Gasteiger partial charge in [0, 0.05) is 22.1 Å². The van der Waals surface area contributed by atoms with Gasteiger partial charge in [-0.2, -0.15) is 0 Å². The van der Waals surface area contributed by atoms with Crippen molar-refractivity contribution in [1.82, 2.24) is 9.97 Å². The molecule has 0 saturated carbocycles. The molecule has 128 valence electrons. The van der Waals surface area contributed by atoms with Gasteiger partial charge in [-0.25, -0.2) is 4.99 Å². The number of allylic oxidation sites excluding steroid dienone is 4. The summed E-state index contributed by atoms with van der Waals surface area (Å²) in [5, 5.41) is 2.21. The lowest BCUT2D eigenvalue weighted by molar-refractivity contribution is 0.889. The van der Waals surface area contributed by atoms with E-state index in [1.807, 2.05) is 0 Å². The van der Waals surface area contributed by atoms with Gasteiger partial charge in [-0.1, -0.05) is 6.08 Å². The lowest BCUT2D eigenvalue weighted by Crippen LogP contribution is -2.16. The monoisotopic (exact) mass is 340 g/mol. The van der Waals surface area contributed by atoms with Gasteiger partial charge in [0.05, 0.1) is 17.1 Å². The third kappa shape index (κ3) is 2.22. The van der Waals surface area contributed by atoms with Crippen LogP contribution in [-0.2, 0) is 0 Å². The molecule has 0 spiro atoms. The number of rotatable bonds is 0. The summed E-state index contributed by atoms with van der Waals surface area (Å²) in [6.07, 6.45) is 8.41. The van der Waals surface area contributed by atoms with Crippen molar-refractivity contribution in [1.29, 1.82) is 0 Å². The van der Waals surface area contributed by atoms with E-state index in [-0.39, 0.29) is 6.04 Å². The van der Waals surface area contributed by atoms with Gasteiger partial charge in [0.15, 0.2) is 0 Å². The largest absolute Gasteiger partial charge is 0.357 e. The lowest BCUT2D eigenvalue weighted by atomic mass is 10.1. The van der Waals surface area contributed by atoms with Crippen LogP contribution in [0.15, 0.2) is 69.8 Å². The molecule has 5 rings (SSSR count). The molecule has 4 heteroatoms. The van der Waals surface area contributed by atoms with Crippen LogP contribution < -0.4 is 10.7 Å². The van der Waals surface area contributed by atoms with E-state index >= 15 is 0 Å². The molecule has 1 atom stereocenters. The Bertz CT molecular complexity index is 1200.